The van der Waals surface area contributed by atoms with Crippen molar-refractivity contribution < 1.29 is 17.3 Å². The van der Waals surface area contributed by atoms with Crippen molar-refractivity contribution in [2.75, 3.05) is 12.9 Å². The second-order valence-electron chi connectivity index (χ2n) is 2.70. The average Bonchev–Trinajstić information content (AvgIpc) is 2.02. The van der Waals surface area contributed by atoms with Crippen LogP contribution in [0.2, 0.25) is 0 Å². The highest BCUT2D eigenvalue weighted by atomic mass is 32.2. The van der Waals surface area contributed by atoms with Crippen LogP contribution in [0.25, 0.3) is 0 Å². The van der Waals surface area contributed by atoms with Crippen molar-refractivity contribution in [1.29, 1.82) is 0 Å². The molecule has 1 unspecified atom stereocenters. The lowest BCUT2D eigenvalue weighted by molar-refractivity contribution is 0.0761. The van der Waals surface area contributed by atoms with Crippen LogP contribution in [0.15, 0.2) is 12.3 Å². The van der Waals surface area contributed by atoms with Gasteiger partial charge in [-0.3, -0.25) is 4.18 Å². The van der Waals surface area contributed by atoms with Crippen molar-refractivity contribution in [1.82, 2.24) is 0 Å². The lowest BCUT2D eigenvalue weighted by Crippen LogP contribution is -2.21. The maximum Gasteiger partial charge on any atom is 0.264 e. The summed E-state index contributed by atoms with van der Waals surface area (Å²) in [6, 6.07) is 0. The molecule has 5 heteroatoms. The van der Waals surface area contributed by atoms with Gasteiger partial charge in [-0.25, -0.2) is 0 Å². The van der Waals surface area contributed by atoms with E-state index in [2.05, 4.69) is 4.18 Å². The van der Waals surface area contributed by atoms with Crippen molar-refractivity contribution in [2.24, 2.45) is 0 Å². The Morgan fingerprint density at radius 2 is 2.42 bits per heavy atom. The molecule has 12 heavy (non-hydrogen) atoms. The summed E-state index contributed by atoms with van der Waals surface area (Å²) in [5.74, 6) is 0. The number of allylic oxidation sites excluding steroid dienone is 1. The van der Waals surface area contributed by atoms with Gasteiger partial charge >= 0.3 is 0 Å². The molecule has 1 aliphatic heterocycles. The van der Waals surface area contributed by atoms with Crippen molar-refractivity contribution in [2.45, 2.75) is 18.9 Å². The molecule has 1 heterocycles. The highest BCUT2D eigenvalue weighted by Crippen LogP contribution is 2.10. The molecule has 0 saturated heterocycles. The quantitative estimate of drug-likeness (QED) is 0.616. The third-order valence-corrected chi connectivity index (χ3v) is 2.05. The molecule has 0 aromatic carbocycles. The second-order valence-corrected chi connectivity index (χ2v) is 4.34. The lowest BCUT2D eigenvalue weighted by atomic mass is 10.2. The molecule has 0 aliphatic carbocycles. The predicted molar refractivity (Wildman–Crippen MR) is 44.0 cm³/mol. The minimum atomic E-state index is -3.33. The molecule has 1 atom stereocenters. The fourth-order valence-corrected chi connectivity index (χ4v) is 1.31. The van der Waals surface area contributed by atoms with Crippen molar-refractivity contribution >= 4 is 10.1 Å². The van der Waals surface area contributed by atoms with E-state index in [0.717, 1.165) is 19.1 Å². The fraction of sp³-hybridized carbons (Fsp3) is 0.714. The molecule has 0 radical (unpaired) electrons. The Morgan fingerprint density at radius 1 is 1.67 bits per heavy atom. The van der Waals surface area contributed by atoms with Crippen LogP contribution in [0.1, 0.15) is 12.8 Å². The van der Waals surface area contributed by atoms with E-state index < -0.39 is 10.1 Å². The topological polar surface area (TPSA) is 52.6 Å². The lowest BCUT2D eigenvalue weighted by Gasteiger charge is -2.18. The van der Waals surface area contributed by atoms with Crippen LogP contribution in [0, 0.1) is 0 Å². The highest BCUT2D eigenvalue weighted by Gasteiger charge is 2.13. The normalized spacial score (nSPS) is 23.6. The molecular formula is C7H12O4S. The van der Waals surface area contributed by atoms with Crippen LogP contribution < -0.4 is 0 Å². The van der Waals surface area contributed by atoms with Crippen molar-refractivity contribution in [3.63, 3.8) is 0 Å². The molecule has 1 rings (SSSR count). The molecule has 70 valence electrons. The van der Waals surface area contributed by atoms with Gasteiger partial charge in [-0.15, -0.1) is 0 Å². The van der Waals surface area contributed by atoms with Crippen LogP contribution in [-0.2, 0) is 19.0 Å². The van der Waals surface area contributed by atoms with Gasteiger partial charge in [0.1, 0.15) is 12.7 Å². The average molecular weight is 192 g/mol. The molecule has 0 spiro atoms. The molecule has 0 amide bonds. The van der Waals surface area contributed by atoms with Gasteiger partial charge in [0.05, 0.1) is 12.5 Å². The zero-order valence-electron chi connectivity index (χ0n) is 6.89. The summed E-state index contributed by atoms with van der Waals surface area (Å²) in [7, 11) is -3.33. The van der Waals surface area contributed by atoms with Gasteiger partial charge in [-0.1, -0.05) is 0 Å². The predicted octanol–water partition coefficient (Wildman–Crippen LogP) is 0.655. The molecule has 0 saturated carbocycles. The van der Waals surface area contributed by atoms with Gasteiger partial charge < -0.3 is 4.74 Å². The third kappa shape index (κ3) is 3.73. The first kappa shape index (κ1) is 9.54. The minimum Gasteiger partial charge on any atom is -0.496 e. The molecule has 0 aromatic heterocycles. The first-order valence-corrected chi connectivity index (χ1v) is 5.54. The van der Waals surface area contributed by atoms with Crippen LogP contribution in [0.4, 0.5) is 0 Å². The SMILES string of the molecule is CS(=O)(=O)OCC1CCC=CO1. The Balaban J connectivity index is 2.28. The largest absolute Gasteiger partial charge is 0.496 e. The molecule has 0 fully saturated rings. The monoisotopic (exact) mass is 192 g/mol. The second kappa shape index (κ2) is 3.91. The van der Waals surface area contributed by atoms with E-state index >= 15 is 0 Å². The van der Waals surface area contributed by atoms with Gasteiger partial charge in [-0.2, -0.15) is 8.42 Å². The van der Waals surface area contributed by atoms with E-state index in [1.807, 2.05) is 6.08 Å². The van der Waals surface area contributed by atoms with Crippen LogP contribution in [0.5, 0.6) is 0 Å². The van der Waals surface area contributed by atoms with Crippen LogP contribution in [-0.4, -0.2) is 27.4 Å². The third-order valence-electron chi connectivity index (χ3n) is 1.49. The summed E-state index contributed by atoms with van der Waals surface area (Å²) in [6.07, 6.45) is 6.12. The molecule has 1 aliphatic rings. The van der Waals surface area contributed by atoms with Gasteiger partial charge in [-0.05, 0) is 18.9 Å². The Morgan fingerprint density at radius 3 is 2.92 bits per heavy atom. The van der Waals surface area contributed by atoms with E-state index in [0.29, 0.717) is 0 Å². The molecule has 0 N–H and O–H groups in total. The summed E-state index contributed by atoms with van der Waals surface area (Å²) >= 11 is 0. The van der Waals surface area contributed by atoms with Crippen molar-refractivity contribution in [3.8, 4) is 0 Å². The van der Waals surface area contributed by atoms with Crippen LogP contribution >= 0.6 is 0 Å². The Hall–Kier alpha value is -0.550. The Kier molecular flexibility index (Phi) is 3.11. The van der Waals surface area contributed by atoms with E-state index in [1.165, 1.54) is 0 Å². The van der Waals surface area contributed by atoms with E-state index in [4.69, 9.17) is 4.74 Å². The zero-order chi connectivity index (χ0) is 9.03. The first-order chi connectivity index (χ1) is 5.58. The number of rotatable bonds is 3. The van der Waals surface area contributed by atoms with Crippen molar-refractivity contribution in [3.05, 3.63) is 12.3 Å². The number of hydrogen-bond donors (Lipinski definition) is 0. The minimum absolute atomic E-state index is 0.114. The summed E-state index contributed by atoms with van der Waals surface area (Å²) in [4.78, 5) is 0. The van der Waals surface area contributed by atoms with Gasteiger partial charge in [0, 0.05) is 0 Å². The Labute approximate surface area is 72.3 Å². The van der Waals surface area contributed by atoms with E-state index in [9.17, 15) is 8.42 Å². The number of hydrogen-bond acceptors (Lipinski definition) is 4. The maximum atomic E-state index is 10.6. The summed E-state index contributed by atoms with van der Waals surface area (Å²) in [5.41, 5.74) is 0. The highest BCUT2D eigenvalue weighted by molar-refractivity contribution is 7.85. The number of ether oxygens (including phenoxy) is 1. The maximum absolute atomic E-state index is 10.6. The van der Waals surface area contributed by atoms with Gasteiger partial charge in [0.15, 0.2) is 0 Å². The molecule has 0 aromatic rings. The summed E-state index contributed by atoms with van der Waals surface area (Å²) in [6.45, 7) is 0.114. The van der Waals surface area contributed by atoms with E-state index in [-0.39, 0.29) is 12.7 Å². The summed E-state index contributed by atoms with van der Waals surface area (Å²) < 4.78 is 30.8. The van der Waals surface area contributed by atoms with E-state index in [1.54, 1.807) is 6.26 Å². The smallest absolute Gasteiger partial charge is 0.264 e. The zero-order valence-corrected chi connectivity index (χ0v) is 7.71. The molecule has 0 bridgehead atoms. The molecule has 4 nitrogen and oxygen atoms in total. The van der Waals surface area contributed by atoms with Crippen LogP contribution in [0.3, 0.4) is 0 Å². The van der Waals surface area contributed by atoms with Gasteiger partial charge in [0.2, 0.25) is 0 Å². The standard InChI is InChI=1S/C7H12O4S/c1-12(8,9)11-6-7-4-2-3-5-10-7/h3,5,7H,2,4,6H2,1H3. The van der Waals surface area contributed by atoms with Gasteiger partial charge in [0.25, 0.3) is 10.1 Å². The first-order valence-electron chi connectivity index (χ1n) is 3.73. The summed E-state index contributed by atoms with van der Waals surface area (Å²) in [5, 5.41) is 0. The fourth-order valence-electron chi connectivity index (χ4n) is 0.907. The Bertz CT molecular complexity index is 255. The molecular weight excluding hydrogens is 180 g/mol.